The fourth-order valence-electron chi connectivity index (χ4n) is 1.39. The van der Waals surface area contributed by atoms with Crippen LogP contribution in [0, 0.1) is 12.3 Å². The Labute approximate surface area is 84.8 Å². The van der Waals surface area contributed by atoms with Gasteiger partial charge in [-0.2, -0.15) is 0 Å². The molecular formula is C12H14O2. The largest absolute Gasteiger partial charge is 0.496 e. The number of hydrogen-bond donors (Lipinski definition) is 0. The van der Waals surface area contributed by atoms with Crippen LogP contribution in [0.15, 0.2) is 18.2 Å². The highest BCUT2D eigenvalue weighted by Crippen LogP contribution is 2.34. The van der Waals surface area contributed by atoms with E-state index in [0.717, 1.165) is 17.1 Å². The van der Waals surface area contributed by atoms with Crippen molar-refractivity contribution in [3.8, 4) is 23.8 Å². The third kappa shape index (κ3) is 1.82. The molecule has 0 saturated heterocycles. The molecule has 0 bridgehead atoms. The SMILES string of the molecule is C#CC(C)c1c(OC)cccc1OC. The highest BCUT2D eigenvalue weighted by molar-refractivity contribution is 5.49. The van der Waals surface area contributed by atoms with Crippen molar-refractivity contribution in [2.75, 3.05) is 14.2 Å². The van der Waals surface area contributed by atoms with Crippen LogP contribution < -0.4 is 9.47 Å². The molecule has 1 aromatic rings. The zero-order valence-electron chi connectivity index (χ0n) is 8.70. The predicted octanol–water partition coefficient (Wildman–Crippen LogP) is 2.44. The first-order valence-corrected chi connectivity index (χ1v) is 4.41. The number of terminal acetylenes is 1. The summed E-state index contributed by atoms with van der Waals surface area (Å²) in [6.07, 6.45) is 5.39. The summed E-state index contributed by atoms with van der Waals surface area (Å²) >= 11 is 0. The standard InChI is InChI=1S/C12H14O2/c1-5-9(2)12-10(13-3)7-6-8-11(12)14-4/h1,6-9H,2-4H3. The molecule has 0 saturated carbocycles. The van der Waals surface area contributed by atoms with Gasteiger partial charge < -0.3 is 9.47 Å². The van der Waals surface area contributed by atoms with Crippen molar-refractivity contribution >= 4 is 0 Å². The number of ether oxygens (including phenoxy) is 2. The van der Waals surface area contributed by atoms with Crippen LogP contribution >= 0.6 is 0 Å². The van der Waals surface area contributed by atoms with Crippen LogP contribution in [-0.4, -0.2) is 14.2 Å². The van der Waals surface area contributed by atoms with Gasteiger partial charge in [0.25, 0.3) is 0 Å². The van der Waals surface area contributed by atoms with Crippen LogP contribution in [0.25, 0.3) is 0 Å². The molecule has 2 heteroatoms. The molecule has 0 radical (unpaired) electrons. The predicted molar refractivity (Wildman–Crippen MR) is 56.8 cm³/mol. The van der Waals surface area contributed by atoms with Crippen molar-refractivity contribution in [2.45, 2.75) is 12.8 Å². The maximum Gasteiger partial charge on any atom is 0.127 e. The Kier molecular flexibility index (Phi) is 3.41. The molecule has 1 rings (SSSR count). The lowest BCUT2D eigenvalue weighted by Crippen LogP contribution is -1.99. The van der Waals surface area contributed by atoms with Crippen LogP contribution in [0.3, 0.4) is 0 Å². The van der Waals surface area contributed by atoms with Gasteiger partial charge in [-0.25, -0.2) is 0 Å². The molecule has 0 aromatic heterocycles. The van der Waals surface area contributed by atoms with Gasteiger partial charge in [0.05, 0.1) is 19.8 Å². The molecule has 0 heterocycles. The Morgan fingerprint density at radius 3 is 2.07 bits per heavy atom. The summed E-state index contributed by atoms with van der Waals surface area (Å²) in [6.45, 7) is 1.94. The Balaban J connectivity index is 3.27. The van der Waals surface area contributed by atoms with E-state index >= 15 is 0 Å². The molecule has 1 atom stereocenters. The summed E-state index contributed by atoms with van der Waals surface area (Å²) in [4.78, 5) is 0. The van der Waals surface area contributed by atoms with Crippen LogP contribution in [0.1, 0.15) is 18.4 Å². The lowest BCUT2D eigenvalue weighted by atomic mass is 10.00. The number of benzene rings is 1. The zero-order valence-corrected chi connectivity index (χ0v) is 8.70. The van der Waals surface area contributed by atoms with Gasteiger partial charge >= 0.3 is 0 Å². The van der Waals surface area contributed by atoms with Crippen molar-refractivity contribution in [2.24, 2.45) is 0 Å². The second-order valence-electron chi connectivity index (χ2n) is 2.96. The van der Waals surface area contributed by atoms with Gasteiger partial charge in [-0.05, 0) is 19.1 Å². The van der Waals surface area contributed by atoms with E-state index in [-0.39, 0.29) is 5.92 Å². The molecule has 0 amide bonds. The second-order valence-corrected chi connectivity index (χ2v) is 2.96. The molecule has 0 aliphatic heterocycles. The van der Waals surface area contributed by atoms with Crippen LogP contribution in [0.2, 0.25) is 0 Å². The second kappa shape index (κ2) is 4.57. The Hall–Kier alpha value is -1.62. The van der Waals surface area contributed by atoms with E-state index in [1.54, 1.807) is 14.2 Å². The summed E-state index contributed by atoms with van der Waals surface area (Å²) in [7, 11) is 3.25. The highest BCUT2D eigenvalue weighted by Gasteiger charge is 2.14. The molecule has 0 aliphatic rings. The van der Waals surface area contributed by atoms with Crippen LogP contribution in [0.5, 0.6) is 11.5 Å². The summed E-state index contributed by atoms with van der Waals surface area (Å²) in [5.74, 6) is 4.20. The molecule has 0 fully saturated rings. The Morgan fingerprint density at radius 1 is 1.21 bits per heavy atom. The molecule has 1 unspecified atom stereocenters. The van der Waals surface area contributed by atoms with E-state index in [2.05, 4.69) is 5.92 Å². The minimum Gasteiger partial charge on any atom is -0.496 e. The fourth-order valence-corrected chi connectivity index (χ4v) is 1.39. The fraction of sp³-hybridized carbons (Fsp3) is 0.333. The third-order valence-corrected chi connectivity index (χ3v) is 2.15. The minimum absolute atomic E-state index is 0.0129. The van der Waals surface area contributed by atoms with E-state index in [1.807, 2.05) is 25.1 Å². The monoisotopic (exact) mass is 190 g/mol. The number of rotatable bonds is 3. The first-order valence-electron chi connectivity index (χ1n) is 4.41. The van der Waals surface area contributed by atoms with Gasteiger partial charge in [-0.1, -0.05) is 12.0 Å². The lowest BCUT2D eigenvalue weighted by Gasteiger charge is -2.14. The van der Waals surface area contributed by atoms with Crippen LogP contribution in [-0.2, 0) is 0 Å². The topological polar surface area (TPSA) is 18.5 Å². The van der Waals surface area contributed by atoms with Crippen molar-refractivity contribution in [3.63, 3.8) is 0 Å². The number of hydrogen-bond acceptors (Lipinski definition) is 2. The first-order chi connectivity index (χ1) is 6.74. The van der Waals surface area contributed by atoms with E-state index in [9.17, 15) is 0 Å². The molecule has 0 aliphatic carbocycles. The Morgan fingerprint density at radius 2 is 1.71 bits per heavy atom. The summed E-state index contributed by atoms with van der Waals surface area (Å²) in [5.41, 5.74) is 0.931. The molecular weight excluding hydrogens is 176 g/mol. The van der Waals surface area contributed by atoms with E-state index < -0.39 is 0 Å². The first kappa shape index (κ1) is 10.5. The van der Waals surface area contributed by atoms with Gasteiger partial charge in [0.2, 0.25) is 0 Å². The third-order valence-electron chi connectivity index (χ3n) is 2.15. The molecule has 2 nitrogen and oxygen atoms in total. The summed E-state index contributed by atoms with van der Waals surface area (Å²) in [6, 6.07) is 5.64. The summed E-state index contributed by atoms with van der Waals surface area (Å²) in [5, 5.41) is 0. The van der Waals surface area contributed by atoms with Gasteiger partial charge in [-0.15, -0.1) is 6.42 Å². The molecule has 0 spiro atoms. The molecule has 0 N–H and O–H groups in total. The van der Waals surface area contributed by atoms with Gasteiger partial charge in [0.15, 0.2) is 0 Å². The molecule has 1 aromatic carbocycles. The minimum atomic E-state index is -0.0129. The molecule has 74 valence electrons. The van der Waals surface area contributed by atoms with Crippen molar-refractivity contribution in [3.05, 3.63) is 23.8 Å². The summed E-state index contributed by atoms with van der Waals surface area (Å²) < 4.78 is 10.5. The van der Waals surface area contributed by atoms with Crippen molar-refractivity contribution in [1.29, 1.82) is 0 Å². The maximum atomic E-state index is 5.39. The lowest BCUT2D eigenvalue weighted by molar-refractivity contribution is 0.384. The highest BCUT2D eigenvalue weighted by atomic mass is 16.5. The van der Waals surface area contributed by atoms with Crippen LogP contribution in [0.4, 0.5) is 0 Å². The normalized spacial score (nSPS) is 11.6. The Bertz CT molecular complexity index is 328. The maximum absolute atomic E-state index is 5.39. The molecule has 14 heavy (non-hydrogen) atoms. The quantitative estimate of drug-likeness (QED) is 0.681. The van der Waals surface area contributed by atoms with E-state index in [4.69, 9.17) is 15.9 Å². The average Bonchev–Trinajstić information content (AvgIpc) is 2.26. The van der Waals surface area contributed by atoms with Crippen molar-refractivity contribution in [1.82, 2.24) is 0 Å². The van der Waals surface area contributed by atoms with Crippen molar-refractivity contribution < 1.29 is 9.47 Å². The number of methoxy groups -OCH3 is 2. The zero-order chi connectivity index (χ0) is 10.6. The van der Waals surface area contributed by atoms with E-state index in [1.165, 1.54) is 0 Å². The smallest absolute Gasteiger partial charge is 0.127 e. The van der Waals surface area contributed by atoms with Gasteiger partial charge in [0.1, 0.15) is 11.5 Å². The van der Waals surface area contributed by atoms with Gasteiger partial charge in [-0.3, -0.25) is 0 Å². The van der Waals surface area contributed by atoms with E-state index in [0.29, 0.717) is 0 Å². The van der Waals surface area contributed by atoms with Gasteiger partial charge in [0, 0.05) is 5.92 Å². The average molecular weight is 190 g/mol.